The molecule has 0 N–H and O–H groups in total. The second kappa shape index (κ2) is 48.6. The fourth-order valence-electron chi connectivity index (χ4n) is 12.0. The largest absolute Gasteiger partial charge is 2.00 e. The van der Waals surface area contributed by atoms with Gasteiger partial charge in [0.2, 0.25) is 0 Å². The van der Waals surface area contributed by atoms with Crippen molar-refractivity contribution < 1.29 is 25.9 Å². The van der Waals surface area contributed by atoms with E-state index in [0.29, 0.717) is 34.7 Å². The molecule has 9 heteroatoms. The first kappa shape index (κ1) is 75.6. The van der Waals surface area contributed by atoms with E-state index in [9.17, 15) is 25.9 Å². The van der Waals surface area contributed by atoms with Gasteiger partial charge in [-0.05, 0) is 107 Å². The second-order valence-electron chi connectivity index (χ2n) is 24.3. The topological polar surface area (TPSA) is 114 Å². The first-order chi connectivity index (χ1) is 38.9. The molecule has 0 radical (unpaired) electrons. The van der Waals surface area contributed by atoms with Crippen LogP contribution in [0.25, 0.3) is 21.5 Å². The maximum Gasteiger partial charge on any atom is 2.00 e. The van der Waals surface area contributed by atoms with E-state index in [2.05, 4.69) is 39.8 Å². The average Bonchev–Trinajstić information content (AvgIpc) is 3.43. The molecule has 0 unspecified atom stereocenters. The van der Waals surface area contributed by atoms with Gasteiger partial charge in [0.1, 0.15) is 20.2 Å². The van der Waals surface area contributed by atoms with Crippen molar-refractivity contribution in [2.24, 2.45) is 0 Å². The minimum Gasteiger partial charge on any atom is -0.744 e. The molecule has 456 valence electrons. The molecule has 0 amide bonds. The van der Waals surface area contributed by atoms with E-state index >= 15 is 0 Å². The number of aryl methyl sites for hydroxylation is 4. The Bertz CT molecular complexity index is 2220. The molecule has 0 aliphatic carbocycles. The Hall–Kier alpha value is -1.52. The van der Waals surface area contributed by atoms with E-state index in [1.54, 1.807) is 0 Å². The van der Waals surface area contributed by atoms with Gasteiger partial charge in [0.05, 0.1) is 9.79 Å². The van der Waals surface area contributed by atoms with Gasteiger partial charge in [-0.15, -0.1) is 0 Å². The van der Waals surface area contributed by atoms with Gasteiger partial charge >= 0.3 is 37.7 Å². The molecule has 0 saturated heterocycles. The molecule has 4 rings (SSSR count). The van der Waals surface area contributed by atoms with E-state index in [1.165, 1.54) is 244 Å². The summed E-state index contributed by atoms with van der Waals surface area (Å²) in [5, 5.41) is 2.94. The zero-order valence-corrected chi connectivity index (χ0v) is 56.5. The number of hydrogen-bond donors (Lipinski definition) is 0. The maximum atomic E-state index is 12.4. The van der Waals surface area contributed by atoms with E-state index in [-0.39, 0.29) is 47.5 Å². The van der Waals surface area contributed by atoms with Crippen LogP contribution >= 0.6 is 0 Å². The molecule has 0 bridgehead atoms. The predicted octanol–water partition coefficient (Wildman–Crippen LogP) is 22.5. The van der Waals surface area contributed by atoms with E-state index in [0.717, 1.165) is 73.3 Å². The molecule has 0 aromatic heterocycles. The van der Waals surface area contributed by atoms with Gasteiger partial charge in [0.15, 0.2) is 0 Å². The summed E-state index contributed by atoms with van der Waals surface area (Å²) in [6.45, 7) is 9.04. The fraction of sp³-hybridized carbons (Fsp3) is 0.722. The maximum absolute atomic E-state index is 12.4. The van der Waals surface area contributed by atoms with Crippen LogP contribution in [-0.2, 0) is 45.9 Å². The third kappa shape index (κ3) is 35.0. The Morgan fingerprint density at radius 3 is 0.691 bits per heavy atom. The van der Waals surface area contributed by atoms with Crippen LogP contribution < -0.4 is 0 Å². The SMILES string of the molecule is CCCCCCCCCCCCCc1ccc2ccc(CCCCCCCCCCCCC)c(S(=O)(=O)[O-])c2c1.CCCCCCCCCCCCCc1ccc2ccc(CCCCCCCCCCCCC)c(S(=O)(=O)[O-])c2c1.[Ca+2]. The third-order valence-electron chi connectivity index (χ3n) is 17.0. The summed E-state index contributed by atoms with van der Waals surface area (Å²) in [5.41, 5.74) is 3.68. The molecule has 0 aliphatic heterocycles. The molecule has 6 nitrogen and oxygen atoms in total. The van der Waals surface area contributed by atoms with Crippen molar-refractivity contribution in [3.05, 3.63) is 82.9 Å². The quantitative estimate of drug-likeness (QED) is 0.0247. The minimum absolute atomic E-state index is 0. The smallest absolute Gasteiger partial charge is 0.744 e. The second-order valence-corrected chi connectivity index (χ2v) is 26.9. The number of benzene rings is 4. The fourth-order valence-corrected chi connectivity index (χ4v) is 13.9. The summed E-state index contributed by atoms with van der Waals surface area (Å²) in [4.78, 5) is 0.0516. The van der Waals surface area contributed by atoms with Crippen molar-refractivity contribution in [1.29, 1.82) is 0 Å². The Labute approximate surface area is 529 Å². The molecular formula is C72H118CaO6S2. The third-order valence-corrected chi connectivity index (χ3v) is 18.9. The van der Waals surface area contributed by atoms with Crippen molar-refractivity contribution in [3.63, 3.8) is 0 Å². The van der Waals surface area contributed by atoms with E-state index < -0.39 is 20.2 Å². The molecule has 81 heavy (non-hydrogen) atoms. The van der Waals surface area contributed by atoms with Crippen LogP contribution in [0.5, 0.6) is 0 Å². The minimum atomic E-state index is -4.54. The first-order valence-electron chi connectivity index (χ1n) is 33.9. The van der Waals surface area contributed by atoms with Crippen LogP contribution in [0, 0.1) is 0 Å². The van der Waals surface area contributed by atoms with Crippen molar-refractivity contribution in [2.45, 2.75) is 346 Å². The molecule has 0 fully saturated rings. The zero-order chi connectivity index (χ0) is 57.8. The van der Waals surface area contributed by atoms with Crippen LogP contribution in [-0.4, -0.2) is 63.7 Å². The van der Waals surface area contributed by atoms with Crippen molar-refractivity contribution >= 4 is 79.5 Å². The molecular weight excluding hydrogens is 1060 g/mol. The first-order valence-corrected chi connectivity index (χ1v) is 36.8. The molecule has 0 atom stereocenters. The number of hydrogen-bond acceptors (Lipinski definition) is 6. The Kier molecular flexibility index (Phi) is 45.3. The summed E-state index contributed by atoms with van der Waals surface area (Å²) in [7, 11) is -9.07. The average molecular weight is 1180 g/mol. The molecule has 0 heterocycles. The van der Waals surface area contributed by atoms with E-state index in [1.807, 2.05) is 48.5 Å². The monoisotopic (exact) mass is 1180 g/mol. The van der Waals surface area contributed by atoms with Gasteiger partial charge in [0, 0.05) is 0 Å². The van der Waals surface area contributed by atoms with Crippen molar-refractivity contribution in [1.82, 2.24) is 0 Å². The van der Waals surface area contributed by atoms with Crippen LogP contribution in [0.15, 0.2) is 70.5 Å². The Morgan fingerprint density at radius 1 is 0.272 bits per heavy atom. The summed E-state index contributed by atoms with van der Waals surface area (Å²) < 4.78 is 74.3. The van der Waals surface area contributed by atoms with Gasteiger partial charge in [-0.3, -0.25) is 0 Å². The summed E-state index contributed by atoms with van der Waals surface area (Å²) in [6.07, 6.45) is 59.7. The van der Waals surface area contributed by atoms with Crippen molar-refractivity contribution in [3.8, 4) is 0 Å². The Balaban J connectivity index is 0.000000547. The summed E-state index contributed by atoms with van der Waals surface area (Å²) in [5.74, 6) is 0. The van der Waals surface area contributed by atoms with Crippen LogP contribution in [0.3, 0.4) is 0 Å². The summed E-state index contributed by atoms with van der Waals surface area (Å²) >= 11 is 0. The predicted molar refractivity (Wildman–Crippen MR) is 350 cm³/mol. The summed E-state index contributed by atoms with van der Waals surface area (Å²) in [6, 6.07) is 19.8. The van der Waals surface area contributed by atoms with Crippen LogP contribution in [0.4, 0.5) is 0 Å². The van der Waals surface area contributed by atoms with Crippen LogP contribution in [0.2, 0.25) is 0 Å². The van der Waals surface area contributed by atoms with E-state index in [4.69, 9.17) is 0 Å². The van der Waals surface area contributed by atoms with Crippen molar-refractivity contribution in [2.75, 3.05) is 0 Å². The van der Waals surface area contributed by atoms with Gasteiger partial charge in [0.25, 0.3) is 0 Å². The molecule has 0 saturated carbocycles. The standard InChI is InChI=1S/2C36H60O3S.Ca/c2*1-3-5-7-9-11-13-15-17-19-21-23-25-32-27-28-33-29-30-34(36(35(33)31-32)40(37,38)39)26-24-22-20-18-16-14-12-10-8-6-4-2;/h2*27-31H,3-26H2,1-2H3,(H,37,38,39);/q;;+2/p-2. The van der Waals surface area contributed by atoms with Crippen LogP contribution in [0.1, 0.15) is 332 Å². The normalized spacial score (nSPS) is 11.8. The van der Waals surface area contributed by atoms with Gasteiger partial charge < -0.3 is 9.11 Å². The number of unbranched alkanes of at least 4 members (excludes halogenated alkanes) is 40. The number of fused-ring (bicyclic) bond motifs is 2. The molecule has 0 aliphatic rings. The van der Waals surface area contributed by atoms with Gasteiger partial charge in [-0.25, -0.2) is 16.8 Å². The van der Waals surface area contributed by atoms with Gasteiger partial charge in [-0.1, -0.05) is 333 Å². The molecule has 4 aromatic carbocycles. The number of rotatable bonds is 50. The molecule has 0 spiro atoms. The Morgan fingerprint density at radius 2 is 0.469 bits per heavy atom. The molecule has 4 aromatic rings. The van der Waals surface area contributed by atoms with Gasteiger partial charge in [-0.2, -0.15) is 0 Å². The zero-order valence-electron chi connectivity index (χ0n) is 52.7.